The smallest absolute Gasteiger partial charge is 0.243 e. The molecule has 0 aliphatic carbocycles. The van der Waals surface area contributed by atoms with Crippen LogP contribution < -0.4 is 0 Å². The Bertz CT molecular complexity index is 565. The largest absolute Gasteiger partial charge is 0.389 e. The minimum absolute atomic E-state index is 0.0197. The molecule has 5 nitrogen and oxygen atoms in total. The van der Waals surface area contributed by atoms with E-state index in [2.05, 4.69) is 0 Å². The highest BCUT2D eigenvalue weighted by molar-refractivity contribution is 7.89. The van der Waals surface area contributed by atoms with E-state index in [1.165, 1.54) is 28.6 Å². The van der Waals surface area contributed by atoms with Gasteiger partial charge in [-0.3, -0.25) is 0 Å². The maximum atomic E-state index is 12.4. The molecule has 1 aromatic rings. The number of likely N-dealkylation sites (N-methyl/N-ethyl adjacent to an activating group) is 1. The zero-order chi connectivity index (χ0) is 14.7. The molecule has 0 unspecified atom stereocenters. The van der Waals surface area contributed by atoms with Crippen molar-refractivity contribution in [3.05, 3.63) is 29.8 Å². The van der Waals surface area contributed by atoms with Crippen LogP contribution >= 0.6 is 0 Å². The summed E-state index contributed by atoms with van der Waals surface area (Å²) in [5, 5.41) is 18.5. The Kier molecular flexibility index (Phi) is 4.69. The first-order chi connectivity index (χ1) is 8.70. The van der Waals surface area contributed by atoms with Crippen molar-refractivity contribution in [2.75, 3.05) is 13.1 Å². The summed E-state index contributed by atoms with van der Waals surface area (Å²) in [6, 6.07) is 7.67. The first-order valence-electron chi connectivity index (χ1n) is 5.93. The van der Waals surface area contributed by atoms with Gasteiger partial charge in [-0.25, -0.2) is 8.42 Å². The second kappa shape index (κ2) is 5.70. The van der Waals surface area contributed by atoms with E-state index in [4.69, 9.17) is 5.26 Å². The first-order valence-corrected chi connectivity index (χ1v) is 7.37. The van der Waals surface area contributed by atoms with Crippen molar-refractivity contribution >= 4 is 10.0 Å². The van der Waals surface area contributed by atoms with Gasteiger partial charge in [0.15, 0.2) is 0 Å². The molecule has 19 heavy (non-hydrogen) atoms. The first kappa shape index (κ1) is 15.6. The summed E-state index contributed by atoms with van der Waals surface area (Å²) in [7, 11) is -3.65. The fraction of sp³-hybridized carbons (Fsp3) is 0.462. The van der Waals surface area contributed by atoms with Gasteiger partial charge in [-0.15, -0.1) is 0 Å². The monoisotopic (exact) mass is 282 g/mol. The Morgan fingerprint density at radius 3 is 2.21 bits per heavy atom. The van der Waals surface area contributed by atoms with Crippen molar-refractivity contribution in [2.24, 2.45) is 0 Å². The summed E-state index contributed by atoms with van der Waals surface area (Å²) in [4.78, 5) is 0.123. The lowest BCUT2D eigenvalue weighted by Gasteiger charge is -2.27. The van der Waals surface area contributed by atoms with E-state index in [0.29, 0.717) is 5.56 Å². The maximum Gasteiger partial charge on any atom is 0.243 e. The van der Waals surface area contributed by atoms with Crippen LogP contribution in [0.15, 0.2) is 29.2 Å². The van der Waals surface area contributed by atoms with E-state index >= 15 is 0 Å². The molecule has 0 radical (unpaired) electrons. The Labute approximate surface area is 114 Å². The quantitative estimate of drug-likeness (QED) is 0.883. The number of aliphatic hydroxyl groups is 1. The molecule has 0 saturated heterocycles. The molecule has 1 rings (SSSR count). The van der Waals surface area contributed by atoms with Gasteiger partial charge in [0, 0.05) is 13.1 Å². The average molecular weight is 282 g/mol. The molecule has 104 valence electrons. The summed E-state index contributed by atoms with van der Waals surface area (Å²) in [6.45, 7) is 5.12. The lowest BCUT2D eigenvalue weighted by Crippen LogP contribution is -2.42. The number of hydrogen-bond acceptors (Lipinski definition) is 4. The molecule has 0 fully saturated rings. The topological polar surface area (TPSA) is 81.4 Å². The summed E-state index contributed by atoms with van der Waals surface area (Å²) in [5.41, 5.74) is -0.695. The van der Waals surface area contributed by atoms with Gasteiger partial charge in [-0.1, -0.05) is 6.92 Å². The van der Waals surface area contributed by atoms with E-state index < -0.39 is 15.6 Å². The number of nitriles is 1. The lowest BCUT2D eigenvalue weighted by molar-refractivity contribution is 0.0601. The minimum Gasteiger partial charge on any atom is -0.389 e. The van der Waals surface area contributed by atoms with Gasteiger partial charge in [0.2, 0.25) is 10.0 Å². The van der Waals surface area contributed by atoms with Gasteiger partial charge in [0.25, 0.3) is 0 Å². The van der Waals surface area contributed by atoms with Crippen LogP contribution in [0.25, 0.3) is 0 Å². The van der Waals surface area contributed by atoms with Crippen LogP contribution in [0.4, 0.5) is 0 Å². The number of benzene rings is 1. The third-order valence-electron chi connectivity index (χ3n) is 2.54. The molecule has 0 saturated carbocycles. The van der Waals surface area contributed by atoms with Gasteiger partial charge in [0.05, 0.1) is 22.1 Å². The second-order valence-electron chi connectivity index (χ2n) is 4.88. The average Bonchev–Trinajstić information content (AvgIpc) is 2.34. The molecule has 0 amide bonds. The molecule has 0 aliphatic heterocycles. The molecule has 0 heterocycles. The van der Waals surface area contributed by atoms with Crippen molar-refractivity contribution in [3.63, 3.8) is 0 Å². The Hall–Kier alpha value is -1.42. The molecule has 6 heteroatoms. The third kappa shape index (κ3) is 4.03. The van der Waals surface area contributed by atoms with Crippen LogP contribution in [0.5, 0.6) is 0 Å². The molecular weight excluding hydrogens is 264 g/mol. The fourth-order valence-corrected chi connectivity index (χ4v) is 3.25. The number of nitrogens with zero attached hydrogens (tertiary/aromatic N) is 2. The predicted molar refractivity (Wildman–Crippen MR) is 71.9 cm³/mol. The summed E-state index contributed by atoms with van der Waals surface area (Å²) in [6.07, 6.45) is 0. The van der Waals surface area contributed by atoms with Crippen molar-refractivity contribution in [1.29, 1.82) is 5.26 Å². The second-order valence-corrected chi connectivity index (χ2v) is 6.82. The van der Waals surface area contributed by atoms with Gasteiger partial charge in [-0.05, 0) is 38.1 Å². The highest BCUT2D eigenvalue weighted by Crippen LogP contribution is 2.18. The molecule has 0 bridgehead atoms. The Balaban J connectivity index is 3.10. The van der Waals surface area contributed by atoms with Crippen LogP contribution in [-0.2, 0) is 10.0 Å². The van der Waals surface area contributed by atoms with Gasteiger partial charge >= 0.3 is 0 Å². The molecule has 1 N–H and O–H groups in total. The highest BCUT2D eigenvalue weighted by Gasteiger charge is 2.28. The van der Waals surface area contributed by atoms with E-state index in [0.717, 1.165) is 0 Å². The Morgan fingerprint density at radius 2 is 1.84 bits per heavy atom. The highest BCUT2D eigenvalue weighted by atomic mass is 32.2. The molecule has 0 aromatic heterocycles. The van der Waals surface area contributed by atoms with Crippen LogP contribution in [0.2, 0.25) is 0 Å². The van der Waals surface area contributed by atoms with Crippen molar-refractivity contribution in [2.45, 2.75) is 31.3 Å². The van der Waals surface area contributed by atoms with Crippen LogP contribution in [0.3, 0.4) is 0 Å². The molecule has 1 aromatic carbocycles. The Morgan fingerprint density at radius 1 is 1.32 bits per heavy atom. The molecule has 0 spiro atoms. The standard InChI is InChI=1S/C13H18N2O3S/c1-4-15(10-13(2,3)16)19(17,18)12-7-5-11(9-14)6-8-12/h5-8,16H,4,10H2,1-3H3. The van der Waals surface area contributed by atoms with Gasteiger partial charge in [-0.2, -0.15) is 9.57 Å². The van der Waals surface area contributed by atoms with E-state index in [-0.39, 0.29) is 18.0 Å². The summed E-state index contributed by atoms with van der Waals surface area (Å²) >= 11 is 0. The van der Waals surface area contributed by atoms with Crippen LogP contribution in [0.1, 0.15) is 26.3 Å². The lowest BCUT2D eigenvalue weighted by atomic mass is 10.1. The van der Waals surface area contributed by atoms with E-state index in [1.807, 2.05) is 6.07 Å². The fourth-order valence-electron chi connectivity index (χ4n) is 1.65. The maximum absolute atomic E-state index is 12.4. The number of rotatable bonds is 5. The van der Waals surface area contributed by atoms with E-state index in [9.17, 15) is 13.5 Å². The van der Waals surface area contributed by atoms with Crippen molar-refractivity contribution in [3.8, 4) is 6.07 Å². The zero-order valence-electron chi connectivity index (χ0n) is 11.3. The molecular formula is C13H18N2O3S. The SMILES string of the molecule is CCN(CC(C)(C)O)S(=O)(=O)c1ccc(C#N)cc1. The summed E-state index contributed by atoms with van der Waals surface area (Å²) < 4.78 is 26.0. The van der Waals surface area contributed by atoms with Gasteiger partial charge in [0.1, 0.15) is 0 Å². The van der Waals surface area contributed by atoms with Crippen molar-refractivity contribution < 1.29 is 13.5 Å². The van der Waals surface area contributed by atoms with Gasteiger partial charge < -0.3 is 5.11 Å². The minimum atomic E-state index is -3.65. The zero-order valence-corrected chi connectivity index (χ0v) is 12.1. The number of sulfonamides is 1. The summed E-state index contributed by atoms with van der Waals surface area (Å²) in [5.74, 6) is 0. The third-order valence-corrected chi connectivity index (χ3v) is 4.47. The molecule has 0 aliphatic rings. The van der Waals surface area contributed by atoms with Crippen molar-refractivity contribution in [1.82, 2.24) is 4.31 Å². The van der Waals surface area contributed by atoms with Crippen LogP contribution in [-0.4, -0.2) is 36.5 Å². The molecule has 0 atom stereocenters. The predicted octanol–water partition coefficient (Wildman–Crippen LogP) is 1.34. The normalized spacial score (nSPS) is 12.4. The van der Waals surface area contributed by atoms with E-state index in [1.54, 1.807) is 20.8 Å². The number of hydrogen-bond donors (Lipinski definition) is 1. The van der Waals surface area contributed by atoms with Crippen LogP contribution in [0, 0.1) is 11.3 Å².